The molecule has 8 heteroatoms. The Bertz CT molecular complexity index is 953. The first-order chi connectivity index (χ1) is 13.1. The second-order valence-corrected chi connectivity index (χ2v) is 7.05. The van der Waals surface area contributed by atoms with Gasteiger partial charge in [0, 0.05) is 32.3 Å². The number of benzene rings is 1. The Morgan fingerprint density at radius 1 is 1.29 bits per heavy atom. The second kappa shape index (κ2) is 8.16. The molecule has 3 heterocycles. The lowest BCUT2D eigenvalue weighted by atomic mass is 9.89. The number of oxazole rings is 1. The van der Waals surface area contributed by atoms with Crippen molar-refractivity contribution in [2.75, 3.05) is 19.6 Å². The summed E-state index contributed by atoms with van der Waals surface area (Å²) in [6.45, 7) is 3.58. The van der Waals surface area contributed by atoms with Crippen LogP contribution in [0.1, 0.15) is 27.7 Å². The van der Waals surface area contributed by atoms with Gasteiger partial charge in [-0.2, -0.15) is 5.10 Å². The van der Waals surface area contributed by atoms with Gasteiger partial charge in [-0.15, -0.1) is 12.4 Å². The maximum Gasteiger partial charge on any atom is 0.276 e. The SMILES string of the molecule is Cc1oc(-c2cnn(C)c2)nc1C(=O)N1C[C@@H](CN)[C@H](c2ccccc2)C1.Cl. The normalized spacial score (nSPS) is 18.9. The van der Waals surface area contributed by atoms with E-state index >= 15 is 0 Å². The van der Waals surface area contributed by atoms with Gasteiger partial charge in [0.1, 0.15) is 5.76 Å². The van der Waals surface area contributed by atoms with Gasteiger partial charge in [-0.3, -0.25) is 9.48 Å². The number of carbonyl (C=O) groups is 1. The van der Waals surface area contributed by atoms with E-state index in [9.17, 15) is 4.79 Å². The third-order valence-corrected chi connectivity index (χ3v) is 5.21. The Hall–Kier alpha value is -2.64. The predicted octanol–water partition coefficient (Wildman–Crippen LogP) is 2.62. The van der Waals surface area contributed by atoms with Crippen molar-refractivity contribution in [3.05, 3.63) is 59.7 Å². The molecule has 2 N–H and O–H groups in total. The summed E-state index contributed by atoms with van der Waals surface area (Å²) in [5.74, 6) is 1.30. The molecular formula is C20H24ClN5O2. The molecule has 148 valence electrons. The van der Waals surface area contributed by atoms with Crippen molar-refractivity contribution in [3.8, 4) is 11.5 Å². The van der Waals surface area contributed by atoms with E-state index in [2.05, 4.69) is 22.2 Å². The van der Waals surface area contributed by atoms with E-state index in [1.165, 1.54) is 5.56 Å². The Morgan fingerprint density at radius 3 is 2.68 bits per heavy atom. The molecule has 0 saturated carbocycles. The van der Waals surface area contributed by atoms with Gasteiger partial charge in [-0.1, -0.05) is 30.3 Å². The van der Waals surface area contributed by atoms with Gasteiger partial charge in [0.05, 0.1) is 11.8 Å². The van der Waals surface area contributed by atoms with E-state index in [-0.39, 0.29) is 30.2 Å². The summed E-state index contributed by atoms with van der Waals surface area (Å²) in [4.78, 5) is 19.4. The minimum atomic E-state index is -0.108. The Kier molecular flexibility index (Phi) is 5.86. The van der Waals surface area contributed by atoms with Crippen molar-refractivity contribution in [2.24, 2.45) is 18.7 Å². The molecule has 1 fully saturated rings. The van der Waals surface area contributed by atoms with Gasteiger partial charge < -0.3 is 15.1 Å². The van der Waals surface area contributed by atoms with E-state index in [0.717, 1.165) is 5.56 Å². The van der Waals surface area contributed by atoms with Crippen LogP contribution in [0.5, 0.6) is 0 Å². The van der Waals surface area contributed by atoms with Gasteiger partial charge in [0.2, 0.25) is 5.89 Å². The number of aryl methyl sites for hydroxylation is 2. The zero-order valence-corrected chi connectivity index (χ0v) is 16.7. The molecule has 0 bridgehead atoms. The van der Waals surface area contributed by atoms with Gasteiger partial charge >= 0.3 is 0 Å². The number of likely N-dealkylation sites (tertiary alicyclic amines) is 1. The maximum absolute atomic E-state index is 13.1. The summed E-state index contributed by atoms with van der Waals surface area (Å²) < 4.78 is 7.40. The minimum Gasteiger partial charge on any atom is -0.440 e. The first-order valence-corrected chi connectivity index (χ1v) is 9.07. The lowest BCUT2D eigenvalue weighted by Crippen LogP contribution is -2.30. The number of carbonyl (C=O) groups excluding carboxylic acids is 1. The zero-order chi connectivity index (χ0) is 19.0. The third-order valence-electron chi connectivity index (χ3n) is 5.21. The fourth-order valence-corrected chi connectivity index (χ4v) is 3.75. The van der Waals surface area contributed by atoms with Crippen LogP contribution in [-0.4, -0.2) is 45.2 Å². The lowest BCUT2D eigenvalue weighted by Gasteiger charge is -2.16. The molecule has 1 saturated heterocycles. The number of hydrogen-bond donors (Lipinski definition) is 1. The van der Waals surface area contributed by atoms with Crippen molar-refractivity contribution in [3.63, 3.8) is 0 Å². The molecule has 2 aromatic heterocycles. The van der Waals surface area contributed by atoms with Gasteiger partial charge in [-0.05, 0) is 24.9 Å². The van der Waals surface area contributed by atoms with Crippen LogP contribution >= 0.6 is 12.4 Å². The number of rotatable bonds is 4. The van der Waals surface area contributed by atoms with Crippen LogP contribution in [-0.2, 0) is 7.05 Å². The van der Waals surface area contributed by atoms with Gasteiger partial charge in [-0.25, -0.2) is 4.98 Å². The molecule has 0 unspecified atom stereocenters. The van der Waals surface area contributed by atoms with Crippen molar-refractivity contribution >= 4 is 18.3 Å². The number of halogens is 1. The Morgan fingerprint density at radius 2 is 2.04 bits per heavy atom. The zero-order valence-electron chi connectivity index (χ0n) is 15.9. The molecule has 7 nitrogen and oxygen atoms in total. The maximum atomic E-state index is 13.1. The molecule has 4 rings (SSSR count). The standard InChI is InChI=1S/C20H23N5O2.ClH/c1-13-18(23-19(27-13)16-9-22-24(2)10-16)20(26)25-11-15(8-21)17(12-25)14-6-4-3-5-7-14;/h3-7,9-10,15,17H,8,11-12,21H2,1-2H3;1H/t15-,17+;/m1./s1. The predicted molar refractivity (Wildman–Crippen MR) is 108 cm³/mol. The van der Waals surface area contributed by atoms with E-state index in [4.69, 9.17) is 10.2 Å². The monoisotopic (exact) mass is 401 g/mol. The van der Waals surface area contributed by atoms with Gasteiger partial charge in [0.15, 0.2) is 5.69 Å². The minimum absolute atomic E-state index is 0. The first kappa shape index (κ1) is 20.1. The highest BCUT2D eigenvalue weighted by Crippen LogP contribution is 2.33. The smallest absolute Gasteiger partial charge is 0.276 e. The lowest BCUT2D eigenvalue weighted by molar-refractivity contribution is 0.0779. The highest BCUT2D eigenvalue weighted by atomic mass is 35.5. The fraction of sp³-hybridized carbons (Fsp3) is 0.350. The Labute approximate surface area is 169 Å². The summed E-state index contributed by atoms with van der Waals surface area (Å²) in [6.07, 6.45) is 3.48. The van der Waals surface area contributed by atoms with Crippen LogP contribution in [0.3, 0.4) is 0 Å². The fourth-order valence-electron chi connectivity index (χ4n) is 3.75. The average Bonchev–Trinajstić information content (AvgIpc) is 3.39. The summed E-state index contributed by atoms with van der Waals surface area (Å²) in [5, 5.41) is 4.13. The number of aromatic nitrogens is 3. The number of hydrogen-bond acceptors (Lipinski definition) is 5. The molecule has 3 aromatic rings. The highest BCUT2D eigenvalue weighted by molar-refractivity contribution is 5.94. The molecule has 0 spiro atoms. The summed E-state index contributed by atoms with van der Waals surface area (Å²) in [6, 6.07) is 10.2. The molecule has 1 amide bonds. The molecule has 0 aliphatic carbocycles. The molecular weight excluding hydrogens is 378 g/mol. The molecule has 2 atom stereocenters. The quantitative estimate of drug-likeness (QED) is 0.725. The van der Waals surface area contributed by atoms with E-state index < -0.39 is 0 Å². The molecule has 1 aliphatic heterocycles. The van der Waals surface area contributed by atoms with E-state index in [0.29, 0.717) is 37.0 Å². The van der Waals surface area contributed by atoms with Crippen molar-refractivity contribution in [2.45, 2.75) is 12.8 Å². The molecule has 1 aliphatic rings. The summed E-state index contributed by atoms with van der Waals surface area (Å²) >= 11 is 0. The summed E-state index contributed by atoms with van der Waals surface area (Å²) in [7, 11) is 1.83. The van der Waals surface area contributed by atoms with Crippen LogP contribution in [0.25, 0.3) is 11.5 Å². The van der Waals surface area contributed by atoms with E-state index in [1.807, 2.05) is 36.3 Å². The highest BCUT2D eigenvalue weighted by Gasteiger charge is 2.37. The van der Waals surface area contributed by atoms with Crippen LogP contribution < -0.4 is 5.73 Å². The van der Waals surface area contributed by atoms with Crippen LogP contribution in [0, 0.1) is 12.8 Å². The van der Waals surface area contributed by atoms with Crippen LogP contribution in [0.4, 0.5) is 0 Å². The van der Waals surface area contributed by atoms with Crippen molar-refractivity contribution < 1.29 is 9.21 Å². The number of amides is 1. The molecule has 1 aromatic carbocycles. The first-order valence-electron chi connectivity index (χ1n) is 9.07. The van der Waals surface area contributed by atoms with Crippen molar-refractivity contribution in [1.29, 1.82) is 0 Å². The molecule has 0 radical (unpaired) electrons. The van der Waals surface area contributed by atoms with Crippen LogP contribution in [0.15, 0.2) is 47.1 Å². The molecule has 28 heavy (non-hydrogen) atoms. The van der Waals surface area contributed by atoms with Crippen molar-refractivity contribution in [1.82, 2.24) is 19.7 Å². The number of nitrogens with zero attached hydrogens (tertiary/aromatic N) is 4. The third kappa shape index (κ3) is 3.68. The second-order valence-electron chi connectivity index (χ2n) is 7.05. The number of nitrogens with two attached hydrogens (primary N) is 1. The average molecular weight is 402 g/mol. The largest absolute Gasteiger partial charge is 0.440 e. The summed E-state index contributed by atoms with van der Waals surface area (Å²) in [5.41, 5.74) is 8.32. The topological polar surface area (TPSA) is 90.2 Å². The van der Waals surface area contributed by atoms with E-state index in [1.54, 1.807) is 17.8 Å². The van der Waals surface area contributed by atoms with Crippen LogP contribution in [0.2, 0.25) is 0 Å². The van der Waals surface area contributed by atoms with Gasteiger partial charge in [0.25, 0.3) is 5.91 Å². The Balaban J connectivity index is 0.00000225.